The summed E-state index contributed by atoms with van der Waals surface area (Å²) in [5.74, 6) is 2.02. The maximum absolute atomic E-state index is 5.78. The van der Waals surface area contributed by atoms with Gasteiger partial charge < -0.3 is 14.6 Å². The van der Waals surface area contributed by atoms with Crippen molar-refractivity contribution in [3.05, 3.63) is 40.0 Å². The molecule has 0 aliphatic heterocycles. The molecular weight excluding hydrogens is 322 g/mol. The molecule has 6 heteroatoms. The number of rotatable bonds is 7. The summed E-state index contributed by atoms with van der Waals surface area (Å²) in [6.07, 6.45) is 0.757. The van der Waals surface area contributed by atoms with Crippen molar-refractivity contribution in [1.82, 2.24) is 15.5 Å². The monoisotopic (exact) mass is 339 g/mol. The molecule has 0 radical (unpaired) electrons. The summed E-state index contributed by atoms with van der Waals surface area (Å²) < 4.78 is 11.9. The molecule has 0 aliphatic rings. The highest BCUT2D eigenvalue weighted by molar-refractivity contribution is 9.10. The van der Waals surface area contributed by atoms with Crippen molar-refractivity contribution in [3.8, 4) is 5.75 Å². The molecule has 0 atom stereocenters. The van der Waals surface area contributed by atoms with Crippen LogP contribution in [0.2, 0.25) is 0 Å². The Balaban J connectivity index is 2.04. The molecule has 2 aromatic rings. The lowest BCUT2D eigenvalue weighted by Gasteiger charge is -2.11. The minimum atomic E-state index is 0.285. The number of halogens is 1. The van der Waals surface area contributed by atoms with E-state index in [0.29, 0.717) is 11.7 Å². The fourth-order valence-electron chi connectivity index (χ4n) is 1.72. The molecule has 1 aromatic heterocycles. The van der Waals surface area contributed by atoms with E-state index >= 15 is 0 Å². The molecule has 0 saturated carbocycles. The molecule has 0 aliphatic carbocycles. The minimum Gasteiger partial charge on any atom is -0.483 e. The second-order valence-corrected chi connectivity index (χ2v) is 5.19. The molecule has 5 nitrogen and oxygen atoms in total. The van der Waals surface area contributed by atoms with Crippen LogP contribution in [0, 0.1) is 0 Å². The molecule has 0 saturated heterocycles. The second-order valence-electron chi connectivity index (χ2n) is 4.28. The van der Waals surface area contributed by atoms with Gasteiger partial charge in [-0.1, -0.05) is 34.9 Å². The molecule has 0 amide bonds. The van der Waals surface area contributed by atoms with Gasteiger partial charge in [0.05, 0.1) is 0 Å². The van der Waals surface area contributed by atoms with Gasteiger partial charge in [0.15, 0.2) is 12.4 Å². The summed E-state index contributed by atoms with van der Waals surface area (Å²) >= 11 is 3.47. The number of aryl methyl sites for hydroxylation is 1. The van der Waals surface area contributed by atoms with Crippen LogP contribution in [0.5, 0.6) is 5.75 Å². The van der Waals surface area contributed by atoms with Gasteiger partial charge in [-0.25, -0.2) is 0 Å². The van der Waals surface area contributed by atoms with Gasteiger partial charge in [0, 0.05) is 23.0 Å². The van der Waals surface area contributed by atoms with Gasteiger partial charge in [-0.3, -0.25) is 0 Å². The summed E-state index contributed by atoms with van der Waals surface area (Å²) in [7, 11) is 0. The van der Waals surface area contributed by atoms with Crippen LogP contribution in [0.25, 0.3) is 0 Å². The van der Waals surface area contributed by atoms with Gasteiger partial charge >= 0.3 is 0 Å². The van der Waals surface area contributed by atoms with Crippen LogP contribution in [0.3, 0.4) is 0 Å². The molecule has 0 fully saturated rings. The molecule has 0 bridgehead atoms. The Kier molecular flexibility index (Phi) is 5.55. The van der Waals surface area contributed by atoms with Crippen LogP contribution in [0.4, 0.5) is 0 Å². The predicted octanol–water partition coefficient (Wildman–Crippen LogP) is 3.08. The highest BCUT2D eigenvalue weighted by Gasteiger charge is 2.08. The van der Waals surface area contributed by atoms with Crippen molar-refractivity contribution in [2.24, 2.45) is 0 Å². The lowest BCUT2D eigenvalue weighted by molar-refractivity contribution is 0.240. The molecular formula is C14H18BrN3O2. The Morgan fingerprint density at radius 1 is 1.35 bits per heavy atom. The summed E-state index contributed by atoms with van der Waals surface area (Å²) in [5, 5.41) is 7.14. The number of nitrogens with zero attached hydrogens (tertiary/aromatic N) is 2. The standard InChI is InChI=1S/C14H18BrN3O2/c1-3-13-17-14(20-18-13)9-19-12-6-5-11(15)7-10(12)8-16-4-2/h5-7,16H,3-4,8-9H2,1-2H3. The van der Waals surface area contributed by atoms with Crippen molar-refractivity contribution >= 4 is 15.9 Å². The van der Waals surface area contributed by atoms with E-state index in [1.807, 2.05) is 25.1 Å². The molecule has 1 heterocycles. The zero-order valence-electron chi connectivity index (χ0n) is 11.6. The van der Waals surface area contributed by atoms with Gasteiger partial charge in [-0.15, -0.1) is 0 Å². The van der Waals surface area contributed by atoms with Gasteiger partial charge in [0.2, 0.25) is 0 Å². The number of ether oxygens (including phenoxy) is 1. The number of nitrogens with one attached hydrogen (secondary N) is 1. The third kappa shape index (κ3) is 4.05. The first-order chi connectivity index (χ1) is 9.72. The van der Waals surface area contributed by atoms with Crippen molar-refractivity contribution in [2.45, 2.75) is 33.4 Å². The molecule has 1 N–H and O–H groups in total. The summed E-state index contributed by atoms with van der Waals surface area (Å²) in [5.41, 5.74) is 1.09. The van der Waals surface area contributed by atoms with E-state index in [0.717, 1.165) is 35.3 Å². The first kappa shape index (κ1) is 15.0. The van der Waals surface area contributed by atoms with Crippen molar-refractivity contribution < 1.29 is 9.26 Å². The average Bonchev–Trinajstić information content (AvgIpc) is 2.92. The van der Waals surface area contributed by atoms with Crippen LogP contribution in [-0.4, -0.2) is 16.7 Å². The average molecular weight is 340 g/mol. The molecule has 1 aromatic carbocycles. The van der Waals surface area contributed by atoms with E-state index in [-0.39, 0.29) is 6.61 Å². The Morgan fingerprint density at radius 3 is 2.90 bits per heavy atom. The van der Waals surface area contributed by atoms with Crippen LogP contribution in [0.15, 0.2) is 27.2 Å². The number of hydrogen-bond acceptors (Lipinski definition) is 5. The van der Waals surface area contributed by atoms with E-state index in [9.17, 15) is 0 Å². The fourth-order valence-corrected chi connectivity index (χ4v) is 2.13. The number of hydrogen-bond donors (Lipinski definition) is 1. The van der Waals surface area contributed by atoms with Crippen molar-refractivity contribution in [3.63, 3.8) is 0 Å². The Morgan fingerprint density at radius 2 is 2.20 bits per heavy atom. The van der Waals surface area contributed by atoms with Gasteiger partial charge in [0.1, 0.15) is 5.75 Å². The van der Waals surface area contributed by atoms with E-state index < -0.39 is 0 Å². The van der Waals surface area contributed by atoms with E-state index in [1.54, 1.807) is 0 Å². The van der Waals surface area contributed by atoms with Gasteiger partial charge in [0.25, 0.3) is 5.89 Å². The topological polar surface area (TPSA) is 60.2 Å². The first-order valence-electron chi connectivity index (χ1n) is 6.66. The Labute approximate surface area is 126 Å². The fraction of sp³-hybridized carbons (Fsp3) is 0.429. The Hall–Kier alpha value is -1.40. The molecule has 108 valence electrons. The van der Waals surface area contributed by atoms with Gasteiger partial charge in [-0.2, -0.15) is 4.98 Å². The summed E-state index contributed by atoms with van der Waals surface area (Å²) in [4.78, 5) is 4.23. The van der Waals surface area contributed by atoms with Crippen molar-refractivity contribution in [1.29, 1.82) is 0 Å². The smallest absolute Gasteiger partial charge is 0.264 e. The minimum absolute atomic E-state index is 0.285. The van der Waals surface area contributed by atoms with Crippen LogP contribution >= 0.6 is 15.9 Å². The van der Waals surface area contributed by atoms with Gasteiger partial charge in [-0.05, 0) is 24.7 Å². The summed E-state index contributed by atoms with van der Waals surface area (Å²) in [6, 6.07) is 5.94. The number of aromatic nitrogens is 2. The highest BCUT2D eigenvalue weighted by atomic mass is 79.9. The first-order valence-corrected chi connectivity index (χ1v) is 7.45. The SMILES string of the molecule is CCNCc1cc(Br)ccc1OCc1nc(CC)no1. The van der Waals surface area contributed by atoms with Crippen LogP contribution < -0.4 is 10.1 Å². The third-order valence-electron chi connectivity index (χ3n) is 2.77. The number of benzene rings is 1. The molecule has 0 unspecified atom stereocenters. The second kappa shape index (κ2) is 7.40. The van der Waals surface area contributed by atoms with E-state index in [4.69, 9.17) is 9.26 Å². The normalized spacial score (nSPS) is 10.8. The third-order valence-corrected chi connectivity index (χ3v) is 3.26. The quantitative estimate of drug-likeness (QED) is 0.839. The lowest BCUT2D eigenvalue weighted by atomic mass is 10.2. The van der Waals surface area contributed by atoms with Crippen LogP contribution in [-0.2, 0) is 19.6 Å². The molecule has 20 heavy (non-hydrogen) atoms. The summed E-state index contributed by atoms with van der Waals surface area (Å²) in [6.45, 7) is 6.01. The predicted molar refractivity (Wildman–Crippen MR) is 79.5 cm³/mol. The Bertz CT molecular complexity index is 557. The zero-order valence-corrected chi connectivity index (χ0v) is 13.2. The van der Waals surface area contributed by atoms with Crippen LogP contribution in [0.1, 0.15) is 31.1 Å². The van der Waals surface area contributed by atoms with E-state index in [2.05, 4.69) is 38.3 Å². The maximum atomic E-state index is 5.78. The maximum Gasteiger partial charge on any atom is 0.264 e. The highest BCUT2D eigenvalue weighted by Crippen LogP contribution is 2.24. The molecule has 2 rings (SSSR count). The zero-order chi connectivity index (χ0) is 14.4. The largest absolute Gasteiger partial charge is 0.483 e. The van der Waals surface area contributed by atoms with E-state index in [1.165, 1.54) is 0 Å². The van der Waals surface area contributed by atoms with Crippen molar-refractivity contribution in [2.75, 3.05) is 6.54 Å². The molecule has 0 spiro atoms. The lowest BCUT2D eigenvalue weighted by Crippen LogP contribution is -2.13.